The van der Waals surface area contributed by atoms with Crippen LogP contribution < -0.4 is 0 Å². The average Bonchev–Trinajstić information content (AvgIpc) is 3.51. The fourth-order valence-corrected chi connectivity index (χ4v) is 5.32. The summed E-state index contributed by atoms with van der Waals surface area (Å²) in [5, 5.41) is 2.70. The van der Waals surface area contributed by atoms with Gasteiger partial charge in [-0.25, -0.2) is 17.3 Å². The topological polar surface area (TPSA) is 0 Å². The first kappa shape index (κ1) is 25.3. The Hall–Kier alpha value is -0.980. The Morgan fingerprint density at radius 3 is 1.40 bits per heavy atom. The van der Waals surface area contributed by atoms with E-state index in [0.29, 0.717) is 0 Å². The Balaban J connectivity index is 0.000000239. The summed E-state index contributed by atoms with van der Waals surface area (Å²) >= 11 is 0. The summed E-state index contributed by atoms with van der Waals surface area (Å²) < 4.78 is 0. The monoisotopic (exact) mass is 480 g/mol. The Morgan fingerprint density at radius 1 is 0.600 bits per heavy atom. The van der Waals surface area contributed by atoms with E-state index in [1.165, 1.54) is 16.0 Å². The van der Waals surface area contributed by atoms with Gasteiger partial charge in [-0.1, -0.05) is 49.5 Å². The molecule has 144 valence electrons. The second kappa shape index (κ2) is 13.4. The van der Waals surface area contributed by atoms with Gasteiger partial charge in [0.15, 0.2) is 0 Å². The third-order valence-corrected chi connectivity index (χ3v) is 7.88. The van der Waals surface area contributed by atoms with Crippen LogP contribution in [-0.4, -0.2) is 8.07 Å². The third kappa shape index (κ3) is 7.61. The van der Waals surface area contributed by atoms with Crippen molar-refractivity contribution in [2.75, 3.05) is 0 Å². The van der Waals surface area contributed by atoms with Crippen LogP contribution in [0, 0.1) is 76.4 Å². The van der Waals surface area contributed by atoms with Crippen LogP contribution in [0.4, 0.5) is 0 Å². The van der Waals surface area contributed by atoms with E-state index in [4.69, 9.17) is 0 Å². The van der Waals surface area contributed by atoms with Gasteiger partial charge in [0, 0.05) is 0 Å². The summed E-state index contributed by atoms with van der Waals surface area (Å²) in [6.07, 6.45) is 27.0. The Morgan fingerprint density at radius 2 is 1.00 bits per heavy atom. The number of allylic oxidation sites excluding steroid dienone is 2. The van der Waals surface area contributed by atoms with Crippen LogP contribution in [-0.2, 0) is 26.2 Å². The molecule has 10 radical (unpaired) electrons. The molecule has 2 heteroatoms. The van der Waals surface area contributed by atoms with E-state index < -0.39 is 8.07 Å². The molecule has 0 saturated heterocycles. The molecule has 0 aromatic heterocycles. The van der Waals surface area contributed by atoms with Gasteiger partial charge >= 0.3 is 26.2 Å². The van der Waals surface area contributed by atoms with Crippen molar-refractivity contribution >= 4 is 13.3 Å². The van der Waals surface area contributed by atoms with Crippen molar-refractivity contribution in [1.29, 1.82) is 0 Å². The van der Waals surface area contributed by atoms with Crippen molar-refractivity contribution in [3.63, 3.8) is 0 Å². The molecule has 1 heterocycles. The van der Waals surface area contributed by atoms with Crippen LogP contribution in [0.5, 0.6) is 0 Å². The molecule has 1 aliphatic heterocycles. The fraction of sp³-hybridized carbons (Fsp3) is 0.0714. The van der Waals surface area contributed by atoms with Crippen molar-refractivity contribution in [3.8, 4) is 0 Å². The van der Waals surface area contributed by atoms with Gasteiger partial charge in [-0.3, -0.25) is 17.7 Å². The molecule has 3 aliphatic rings. The summed E-state index contributed by atoms with van der Waals surface area (Å²) in [5.41, 5.74) is 2.47. The minimum atomic E-state index is -1.52. The van der Waals surface area contributed by atoms with Gasteiger partial charge in [0.25, 0.3) is 0 Å². The van der Waals surface area contributed by atoms with Gasteiger partial charge in [-0.15, -0.1) is 17.3 Å². The predicted octanol–water partition coefficient (Wildman–Crippen LogP) is 6.49. The molecule has 5 rings (SSSR count). The van der Waals surface area contributed by atoms with Crippen molar-refractivity contribution in [3.05, 3.63) is 153 Å². The molecule has 0 nitrogen and oxygen atoms in total. The first-order valence-electron chi connectivity index (χ1n) is 9.90. The van der Waals surface area contributed by atoms with E-state index in [-0.39, 0.29) is 26.2 Å². The molecule has 0 bridgehead atoms. The molecular weight excluding hydrogens is 456 g/mol. The van der Waals surface area contributed by atoms with Gasteiger partial charge in [0.2, 0.25) is 0 Å². The zero-order chi connectivity index (χ0) is 20.4. The molecule has 0 N–H and O–H groups in total. The second-order valence-corrected chi connectivity index (χ2v) is 11.5. The first-order chi connectivity index (χ1) is 14.2. The summed E-state index contributed by atoms with van der Waals surface area (Å²) in [6.45, 7) is 4.74. The van der Waals surface area contributed by atoms with Gasteiger partial charge in [-0.05, 0) is 69.8 Å². The smallest absolute Gasteiger partial charge is 0.282 e. The molecule has 2 saturated carbocycles. The van der Waals surface area contributed by atoms with Crippen LogP contribution in [0.25, 0.3) is 5.20 Å². The number of benzene rings is 2. The second-order valence-electron chi connectivity index (χ2n) is 7.28. The van der Waals surface area contributed by atoms with E-state index in [1.807, 2.05) is 70.3 Å². The van der Waals surface area contributed by atoms with Gasteiger partial charge in [-0.2, -0.15) is 0 Å². The van der Waals surface area contributed by atoms with E-state index in [0.717, 1.165) is 5.56 Å². The molecule has 2 fully saturated rings. The maximum Gasteiger partial charge on any atom is 4.00 e. The quantitative estimate of drug-likeness (QED) is 0.340. The van der Waals surface area contributed by atoms with Crippen LogP contribution >= 0.6 is 0 Å². The molecule has 30 heavy (non-hydrogen) atoms. The number of hydrogen-bond acceptors (Lipinski definition) is 0. The normalized spacial score (nSPS) is 19.9. The minimum absolute atomic E-state index is 0. The molecule has 2 aromatic carbocycles. The van der Waals surface area contributed by atoms with E-state index >= 15 is 0 Å². The largest absolute Gasteiger partial charge is 4.00 e. The van der Waals surface area contributed by atoms with E-state index in [2.05, 4.69) is 79.8 Å². The van der Waals surface area contributed by atoms with Crippen molar-refractivity contribution in [2.45, 2.75) is 13.1 Å². The predicted molar refractivity (Wildman–Crippen MR) is 126 cm³/mol. The molecule has 0 unspecified atom stereocenters. The van der Waals surface area contributed by atoms with Crippen LogP contribution in [0.2, 0.25) is 13.1 Å². The fourth-order valence-electron chi connectivity index (χ4n) is 3.03. The number of rotatable bonds is 2. The molecule has 2 aromatic rings. The third-order valence-electron chi connectivity index (χ3n) is 4.72. The van der Waals surface area contributed by atoms with Crippen LogP contribution in [0.3, 0.4) is 0 Å². The molecule has 0 amide bonds. The van der Waals surface area contributed by atoms with Crippen molar-refractivity contribution in [1.82, 2.24) is 0 Å². The summed E-state index contributed by atoms with van der Waals surface area (Å²) in [6, 6.07) is 20.9. The van der Waals surface area contributed by atoms with Crippen molar-refractivity contribution < 1.29 is 26.2 Å². The van der Waals surface area contributed by atoms with E-state index in [9.17, 15) is 0 Å². The molecule has 2 aliphatic carbocycles. The Bertz CT molecular complexity index is 757. The summed E-state index contributed by atoms with van der Waals surface area (Å²) in [7, 11) is -1.52. The summed E-state index contributed by atoms with van der Waals surface area (Å²) in [4.78, 5) is 0. The van der Waals surface area contributed by atoms with E-state index in [1.54, 1.807) is 0 Å². The Kier molecular flexibility index (Phi) is 11.3. The van der Waals surface area contributed by atoms with Crippen LogP contribution in [0.1, 0.15) is 11.1 Å². The van der Waals surface area contributed by atoms with Crippen LogP contribution in [0.15, 0.2) is 65.9 Å². The maximum atomic E-state index is 3.52. The Labute approximate surface area is 205 Å². The zero-order valence-corrected chi connectivity index (χ0v) is 21.0. The molecular formula is C28H26SiZr+2. The van der Waals surface area contributed by atoms with Gasteiger partial charge in [0.1, 0.15) is 0 Å². The van der Waals surface area contributed by atoms with Gasteiger partial charge < -0.3 is 0 Å². The molecule has 0 spiro atoms. The standard InChI is InChI=1S/C18H16Si.2C5H5.Zr/c1-19(2)17(13-15-9-5-3-6-10-15)14-18(19)16-11-7-4-8-12-16;2*1-2-4-5-3-1;/h3-12H,1-2H3;2*1-5H;/q-2;;;+4. The summed E-state index contributed by atoms with van der Waals surface area (Å²) in [5.74, 6) is 0. The van der Waals surface area contributed by atoms with Crippen molar-refractivity contribution in [2.24, 2.45) is 0 Å². The first-order valence-corrected chi connectivity index (χ1v) is 12.9. The minimum Gasteiger partial charge on any atom is -0.282 e. The number of hydrogen-bond donors (Lipinski definition) is 0. The maximum absolute atomic E-state index is 3.52. The molecule has 0 atom stereocenters. The van der Waals surface area contributed by atoms with Gasteiger partial charge in [0.05, 0.1) is 8.07 Å². The average molecular weight is 482 g/mol. The SMILES string of the molecule is C[Si]1(C)C(=[C-]c2ccccc2)[C-]=C1c1ccccc1.[CH]1[CH][CH][CH][CH]1.[CH]1[CH][CH][CH][CH]1.[Zr+4]. The zero-order valence-electron chi connectivity index (χ0n) is 17.5.